The van der Waals surface area contributed by atoms with Crippen LogP contribution in [0.25, 0.3) is 10.8 Å². The van der Waals surface area contributed by atoms with E-state index < -0.39 is 12.1 Å². The van der Waals surface area contributed by atoms with Crippen LogP contribution in [0, 0.1) is 0 Å². The summed E-state index contributed by atoms with van der Waals surface area (Å²) in [5.74, 6) is -3.14. The van der Waals surface area contributed by atoms with E-state index >= 15 is 0 Å². The Labute approximate surface area is 196 Å². The highest BCUT2D eigenvalue weighted by Gasteiger charge is 2.39. The lowest BCUT2D eigenvalue weighted by Gasteiger charge is -2.46. The third kappa shape index (κ3) is 8.33. The molecule has 4 N–H and O–H groups in total. The van der Waals surface area contributed by atoms with Crippen LogP contribution >= 0.6 is 0 Å². The van der Waals surface area contributed by atoms with Gasteiger partial charge in [0.2, 0.25) is 5.91 Å². The number of carbonyl (C=O) groups is 3. The van der Waals surface area contributed by atoms with Crippen molar-refractivity contribution < 1.29 is 32.7 Å². The molecule has 0 unspecified atom stereocenters. The summed E-state index contributed by atoms with van der Waals surface area (Å²) >= 11 is 0. The van der Waals surface area contributed by atoms with E-state index in [1.807, 2.05) is 36.4 Å². The molecule has 0 saturated carbocycles. The van der Waals surface area contributed by atoms with Crippen molar-refractivity contribution in [2.75, 3.05) is 6.54 Å². The van der Waals surface area contributed by atoms with Gasteiger partial charge in [-0.15, -0.1) is 0 Å². The van der Waals surface area contributed by atoms with Crippen molar-refractivity contribution >= 4 is 28.6 Å². The standard InChI is InChI=1S/C22H29N3O2.C2HF3O2/c1-21(2)12-18(13-22(3,4)25-21)24-19(26)14-23-20(27)17-10-9-15-7-5-6-8-16(15)11-17;3-2(4,5)1(6)7/h5-11,18,25H,12-14H2,1-4H3,(H,23,27)(H,24,26);(H,6,7). The van der Waals surface area contributed by atoms with Crippen molar-refractivity contribution in [2.24, 2.45) is 0 Å². The van der Waals surface area contributed by atoms with Crippen LogP contribution in [0.3, 0.4) is 0 Å². The number of fused-ring (bicyclic) bond motifs is 1. The van der Waals surface area contributed by atoms with Gasteiger partial charge in [-0.1, -0.05) is 30.3 Å². The lowest BCUT2D eigenvalue weighted by Crippen LogP contribution is -2.62. The van der Waals surface area contributed by atoms with E-state index in [1.54, 1.807) is 6.07 Å². The van der Waals surface area contributed by atoms with E-state index in [0.717, 1.165) is 23.6 Å². The third-order valence-electron chi connectivity index (χ3n) is 5.22. The van der Waals surface area contributed by atoms with Gasteiger partial charge in [-0.3, -0.25) is 9.59 Å². The molecule has 0 aliphatic carbocycles. The second-order valence-electron chi connectivity index (χ2n) is 9.61. The molecule has 0 atom stereocenters. The molecule has 3 rings (SSSR count). The number of halogens is 3. The molecule has 7 nitrogen and oxygen atoms in total. The Morgan fingerprint density at radius 2 is 1.53 bits per heavy atom. The molecule has 2 aromatic rings. The van der Waals surface area contributed by atoms with Crippen LogP contribution in [0.4, 0.5) is 13.2 Å². The van der Waals surface area contributed by atoms with Gasteiger partial charge in [-0.2, -0.15) is 13.2 Å². The highest BCUT2D eigenvalue weighted by atomic mass is 19.4. The zero-order valence-electron chi connectivity index (χ0n) is 19.5. The second kappa shape index (κ2) is 10.4. The van der Waals surface area contributed by atoms with Crippen molar-refractivity contribution in [1.82, 2.24) is 16.0 Å². The summed E-state index contributed by atoms with van der Waals surface area (Å²) in [4.78, 5) is 33.6. The van der Waals surface area contributed by atoms with Gasteiger partial charge in [0.25, 0.3) is 5.91 Å². The maximum atomic E-state index is 12.4. The fraction of sp³-hybridized carbons (Fsp3) is 0.458. The first-order chi connectivity index (χ1) is 15.6. The quantitative estimate of drug-likeness (QED) is 0.534. The normalized spacial score (nSPS) is 17.3. The van der Waals surface area contributed by atoms with Crippen molar-refractivity contribution in [1.29, 1.82) is 0 Å². The van der Waals surface area contributed by atoms with Crippen molar-refractivity contribution in [3.05, 3.63) is 48.0 Å². The molecule has 0 radical (unpaired) electrons. The predicted molar refractivity (Wildman–Crippen MR) is 122 cm³/mol. The Balaban J connectivity index is 0.000000509. The summed E-state index contributed by atoms with van der Waals surface area (Å²) in [6.45, 7) is 8.57. The summed E-state index contributed by atoms with van der Waals surface area (Å²) in [7, 11) is 0. The van der Waals surface area contributed by atoms with Gasteiger partial charge in [0, 0.05) is 22.7 Å². The maximum Gasteiger partial charge on any atom is 0.490 e. The third-order valence-corrected chi connectivity index (χ3v) is 5.22. The van der Waals surface area contributed by atoms with Crippen LogP contribution in [0.5, 0.6) is 0 Å². The van der Waals surface area contributed by atoms with Gasteiger partial charge < -0.3 is 21.1 Å². The lowest BCUT2D eigenvalue weighted by molar-refractivity contribution is -0.192. The molecule has 186 valence electrons. The van der Waals surface area contributed by atoms with Gasteiger partial charge in [-0.25, -0.2) is 4.79 Å². The molecular weight excluding hydrogens is 451 g/mol. The molecule has 0 bridgehead atoms. The van der Waals surface area contributed by atoms with E-state index in [0.29, 0.717) is 5.56 Å². The fourth-order valence-electron chi connectivity index (χ4n) is 4.30. The number of rotatable bonds is 4. The van der Waals surface area contributed by atoms with E-state index in [9.17, 15) is 22.8 Å². The smallest absolute Gasteiger partial charge is 0.475 e. The molecule has 1 saturated heterocycles. The number of amides is 2. The van der Waals surface area contributed by atoms with Crippen molar-refractivity contribution in [3.63, 3.8) is 0 Å². The Kier molecular flexibility index (Phi) is 8.31. The number of hydrogen-bond acceptors (Lipinski definition) is 4. The second-order valence-corrected chi connectivity index (χ2v) is 9.61. The Morgan fingerprint density at radius 1 is 1.00 bits per heavy atom. The largest absolute Gasteiger partial charge is 0.490 e. The highest BCUT2D eigenvalue weighted by Crippen LogP contribution is 2.28. The van der Waals surface area contributed by atoms with Gasteiger partial charge >= 0.3 is 12.1 Å². The first kappa shape index (κ1) is 27.1. The van der Waals surface area contributed by atoms with Gasteiger partial charge in [0.05, 0.1) is 6.54 Å². The average molecular weight is 482 g/mol. The maximum absolute atomic E-state index is 12.4. The predicted octanol–water partition coefficient (Wildman–Crippen LogP) is 3.63. The van der Waals surface area contributed by atoms with Crippen LogP contribution in [0.1, 0.15) is 50.9 Å². The molecular formula is C24H30F3N3O4. The number of nitrogens with one attached hydrogen (secondary N) is 3. The SMILES string of the molecule is CC1(C)CC(NC(=O)CNC(=O)c2ccc3ccccc3c2)CC(C)(C)N1.O=C(O)C(F)(F)F. The zero-order chi connectivity index (χ0) is 25.7. The molecule has 1 fully saturated rings. The van der Waals surface area contributed by atoms with Crippen LogP contribution < -0.4 is 16.0 Å². The summed E-state index contributed by atoms with van der Waals surface area (Å²) in [6.07, 6.45) is -3.36. The van der Waals surface area contributed by atoms with Crippen molar-refractivity contribution in [2.45, 2.75) is 63.8 Å². The Bertz CT molecular complexity index is 1040. The Hall–Kier alpha value is -3.14. The number of hydrogen-bond donors (Lipinski definition) is 4. The number of carboxylic acids is 1. The highest BCUT2D eigenvalue weighted by molar-refractivity contribution is 6.00. The molecule has 1 aliphatic rings. The molecule has 1 heterocycles. The van der Waals surface area contributed by atoms with Crippen LogP contribution in [-0.2, 0) is 9.59 Å². The molecule has 1 aliphatic heterocycles. The minimum absolute atomic E-state index is 0.0174. The molecule has 2 aromatic carbocycles. The van der Waals surface area contributed by atoms with Crippen LogP contribution in [0.15, 0.2) is 42.5 Å². The first-order valence-electron chi connectivity index (χ1n) is 10.7. The minimum Gasteiger partial charge on any atom is -0.475 e. The zero-order valence-corrected chi connectivity index (χ0v) is 19.5. The number of carboxylic acid groups (broad SMARTS) is 1. The van der Waals surface area contributed by atoms with Gasteiger partial charge in [-0.05, 0) is 63.4 Å². The molecule has 2 amide bonds. The van der Waals surface area contributed by atoms with E-state index in [2.05, 4.69) is 43.6 Å². The first-order valence-corrected chi connectivity index (χ1v) is 10.7. The van der Waals surface area contributed by atoms with Crippen LogP contribution in [-0.4, -0.2) is 52.7 Å². The summed E-state index contributed by atoms with van der Waals surface area (Å²) in [5, 5.41) is 18.6. The topological polar surface area (TPSA) is 108 Å². The number of benzene rings is 2. The molecule has 0 aromatic heterocycles. The summed E-state index contributed by atoms with van der Waals surface area (Å²) in [6, 6.07) is 13.5. The number of piperidine rings is 1. The van der Waals surface area contributed by atoms with Crippen LogP contribution in [0.2, 0.25) is 0 Å². The molecule has 34 heavy (non-hydrogen) atoms. The fourth-order valence-corrected chi connectivity index (χ4v) is 4.30. The van der Waals surface area contributed by atoms with E-state index in [1.165, 1.54) is 0 Å². The molecule has 10 heteroatoms. The minimum atomic E-state index is -5.08. The van der Waals surface area contributed by atoms with E-state index in [-0.39, 0.29) is 35.5 Å². The summed E-state index contributed by atoms with van der Waals surface area (Å²) < 4.78 is 31.7. The molecule has 0 spiro atoms. The monoisotopic (exact) mass is 481 g/mol. The van der Waals surface area contributed by atoms with Crippen molar-refractivity contribution in [3.8, 4) is 0 Å². The van der Waals surface area contributed by atoms with E-state index in [4.69, 9.17) is 9.90 Å². The Morgan fingerprint density at radius 3 is 2.06 bits per heavy atom. The summed E-state index contributed by atoms with van der Waals surface area (Å²) in [5.41, 5.74) is 0.493. The van der Waals surface area contributed by atoms with Gasteiger partial charge in [0.15, 0.2) is 0 Å². The number of aliphatic carboxylic acids is 1. The average Bonchev–Trinajstić information content (AvgIpc) is 2.69. The number of alkyl halides is 3. The van der Waals surface area contributed by atoms with Gasteiger partial charge in [0.1, 0.15) is 0 Å². The number of carbonyl (C=O) groups excluding carboxylic acids is 2. The lowest BCUT2D eigenvalue weighted by atomic mass is 9.79.